The van der Waals surface area contributed by atoms with Gasteiger partial charge in [-0.15, -0.1) is 13.2 Å². The molecular weight excluding hydrogens is 168 g/mol. The Morgan fingerprint density at radius 1 is 1.54 bits per heavy atom. The molecule has 0 bridgehead atoms. The molecule has 3 atom stereocenters. The van der Waals surface area contributed by atoms with Crippen LogP contribution in [0.4, 0.5) is 0 Å². The zero-order valence-corrected chi connectivity index (χ0v) is 7.94. The summed E-state index contributed by atoms with van der Waals surface area (Å²) in [5.41, 5.74) is 0. The molecule has 1 aliphatic rings. The van der Waals surface area contributed by atoms with Crippen LogP contribution in [0.25, 0.3) is 0 Å². The van der Waals surface area contributed by atoms with Gasteiger partial charge in [0, 0.05) is 13.5 Å². The van der Waals surface area contributed by atoms with E-state index in [0.717, 1.165) is 6.42 Å². The summed E-state index contributed by atoms with van der Waals surface area (Å²) < 4.78 is 16.0. The summed E-state index contributed by atoms with van der Waals surface area (Å²) in [5.74, 6) is 0. The van der Waals surface area contributed by atoms with Gasteiger partial charge in [-0.3, -0.25) is 0 Å². The van der Waals surface area contributed by atoms with Crippen LogP contribution in [0.3, 0.4) is 0 Å². The predicted octanol–water partition coefficient (Wildman–Crippen LogP) is 1.50. The minimum absolute atomic E-state index is 0.0421. The molecule has 0 amide bonds. The molecule has 0 spiro atoms. The van der Waals surface area contributed by atoms with Crippen molar-refractivity contribution in [2.24, 2.45) is 0 Å². The minimum atomic E-state index is -0.169. The standard InChI is InChI=1S/C10H16O3/c1-4-6-12-9-7-10(11-3)13-8(9)5-2/h4-5,8-10H,1-2,6-7H2,3H3/t8?,9?,10-/m1/s1. The lowest BCUT2D eigenvalue weighted by molar-refractivity contribution is -0.106. The Morgan fingerprint density at radius 2 is 2.31 bits per heavy atom. The summed E-state index contributed by atoms with van der Waals surface area (Å²) in [4.78, 5) is 0. The van der Waals surface area contributed by atoms with E-state index in [2.05, 4.69) is 13.2 Å². The monoisotopic (exact) mass is 184 g/mol. The highest BCUT2D eigenvalue weighted by Gasteiger charge is 2.33. The molecule has 3 nitrogen and oxygen atoms in total. The van der Waals surface area contributed by atoms with Gasteiger partial charge >= 0.3 is 0 Å². The fourth-order valence-corrected chi connectivity index (χ4v) is 1.36. The van der Waals surface area contributed by atoms with E-state index in [1.54, 1.807) is 19.3 Å². The van der Waals surface area contributed by atoms with Crippen molar-refractivity contribution >= 4 is 0 Å². The van der Waals surface area contributed by atoms with E-state index in [1.165, 1.54) is 0 Å². The first-order chi connectivity index (χ1) is 6.31. The summed E-state index contributed by atoms with van der Waals surface area (Å²) in [6.07, 6.45) is 4.02. The quantitative estimate of drug-likeness (QED) is 0.606. The molecule has 0 aromatic heterocycles. The van der Waals surface area contributed by atoms with Crippen molar-refractivity contribution in [3.05, 3.63) is 25.3 Å². The maximum absolute atomic E-state index is 5.49. The lowest BCUT2D eigenvalue weighted by atomic mass is 10.2. The van der Waals surface area contributed by atoms with Crippen LogP contribution in [0.1, 0.15) is 6.42 Å². The van der Waals surface area contributed by atoms with Crippen LogP contribution in [0, 0.1) is 0 Å². The van der Waals surface area contributed by atoms with Crippen LogP contribution in [0.2, 0.25) is 0 Å². The first kappa shape index (κ1) is 10.4. The molecule has 1 aliphatic heterocycles. The largest absolute Gasteiger partial charge is 0.371 e. The maximum Gasteiger partial charge on any atom is 0.160 e. The average Bonchev–Trinajstić information content (AvgIpc) is 2.57. The molecule has 1 saturated heterocycles. The smallest absolute Gasteiger partial charge is 0.160 e. The van der Waals surface area contributed by atoms with Gasteiger partial charge < -0.3 is 14.2 Å². The first-order valence-electron chi connectivity index (χ1n) is 4.35. The van der Waals surface area contributed by atoms with E-state index in [4.69, 9.17) is 14.2 Å². The maximum atomic E-state index is 5.49. The predicted molar refractivity (Wildman–Crippen MR) is 50.4 cm³/mol. The van der Waals surface area contributed by atoms with Gasteiger partial charge in [0.25, 0.3) is 0 Å². The van der Waals surface area contributed by atoms with E-state index in [0.29, 0.717) is 6.61 Å². The normalized spacial score (nSPS) is 33.2. The molecule has 74 valence electrons. The van der Waals surface area contributed by atoms with Gasteiger partial charge in [0.2, 0.25) is 0 Å². The third-order valence-electron chi connectivity index (χ3n) is 2.02. The van der Waals surface area contributed by atoms with Crippen molar-refractivity contribution in [2.75, 3.05) is 13.7 Å². The molecule has 2 unspecified atom stereocenters. The van der Waals surface area contributed by atoms with Crippen LogP contribution in [0.15, 0.2) is 25.3 Å². The van der Waals surface area contributed by atoms with Crippen LogP contribution in [0.5, 0.6) is 0 Å². The second-order valence-electron chi connectivity index (χ2n) is 2.90. The lowest BCUT2D eigenvalue weighted by Gasteiger charge is -2.13. The lowest BCUT2D eigenvalue weighted by Crippen LogP contribution is -2.22. The van der Waals surface area contributed by atoms with E-state index in [9.17, 15) is 0 Å². The SMILES string of the molecule is C=CCOC1C[C@H](OC)OC1C=C. The van der Waals surface area contributed by atoms with Gasteiger partial charge in [-0.25, -0.2) is 0 Å². The molecule has 0 aromatic carbocycles. The van der Waals surface area contributed by atoms with E-state index < -0.39 is 0 Å². The van der Waals surface area contributed by atoms with Gasteiger partial charge in [-0.05, 0) is 0 Å². The summed E-state index contributed by atoms with van der Waals surface area (Å²) in [7, 11) is 1.63. The number of hydrogen-bond donors (Lipinski definition) is 0. The van der Waals surface area contributed by atoms with Crippen molar-refractivity contribution in [1.29, 1.82) is 0 Å². The Kier molecular flexibility index (Phi) is 4.15. The molecule has 1 heterocycles. The van der Waals surface area contributed by atoms with E-state index in [1.807, 2.05) is 0 Å². The molecule has 1 fully saturated rings. The van der Waals surface area contributed by atoms with Crippen LogP contribution in [-0.4, -0.2) is 32.2 Å². The molecule has 1 rings (SSSR count). The Labute approximate surface area is 79.0 Å². The molecular formula is C10H16O3. The van der Waals surface area contributed by atoms with Gasteiger partial charge in [-0.2, -0.15) is 0 Å². The van der Waals surface area contributed by atoms with Gasteiger partial charge in [0.05, 0.1) is 12.7 Å². The topological polar surface area (TPSA) is 27.7 Å². The Balaban J connectivity index is 2.42. The van der Waals surface area contributed by atoms with E-state index in [-0.39, 0.29) is 18.5 Å². The Morgan fingerprint density at radius 3 is 2.85 bits per heavy atom. The summed E-state index contributed by atoms with van der Waals surface area (Å²) in [6, 6.07) is 0. The molecule has 0 aromatic rings. The van der Waals surface area contributed by atoms with Crippen molar-refractivity contribution < 1.29 is 14.2 Å². The second kappa shape index (κ2) is 5.17. The highest BCUT2D eigenvalue weighted by molar-refractivity contribution is 4.92. The third-order valence-corrected chi connectivity index (χ3v) is 2.02. The molecule has 0 aliphatic carbocycles. The zero-order valence-electron chi connectivity index (χ0n) is 7.94. The minimum Gasteiger partial charge on any atom is -0.371 e. The van der Waals surface area contributed by atoms with Crippen molar-refractivity contribution in [2.45, 2.75) is 24.9 Å². The third kappa shape index (κ3) is 2.66. The first-order valence-corrected chi connectivity index (χ1v) is 4.35. The number of ether oxygens (including phenoxy) is 3. The summed E-state index contributed by atoms with van der Waals surface area (Å²) in [5, 5.41) is 0. The zero-order chi connectivity index (χ0) is 9.68. The van der Waals surface area contributed by atoms with Crippen LogP contribution in [-0.2, 0) is 14.2 Å². The highest BCUT2D eigenvalue weighted by atomic mass is 16.7. The Hall–Kier alpha value is -0.640. The number of hydrogen-bond acceptors (Lipinski definition) is 3. The Bertz CT molecular complexity index is 179. The molecule has 3 heteroatoms. The van der Waals surface area contributed by atoms with Crippen molar-refractivity contribution in [3.8, 4) is 0 Å². The van der Waals surface area contributed by atoms with Gasteiger partial charge in [-0.1, -0.05) is 12.2 Å². The van der Waals surface area contributed by atoms with Crippen molar-refractivity contribution in [3.63, 3.8) is 0 Å². The molecule has 0 radical (unpaired) electrons. The number of methoxy groups -OCH3 is 1. The molecule has 0 saturated carbocycles. The summed E-state index contributed by atoms with van der Waals surface area (Å²) in [6.45, 7) is 7.81. The van der Waals surface area contributed by atoms with E-state index >= 15 is 0 Å². The fraction of sp³-hybridized carbons (Fsp3) is 0.600. The average molecular weight is 184 g/mol. The number of rotatable bonds is 5. The van der Waals surface area contributed by atoms with Crippen molar-refractivity contribution in [1.82, 2.24) is 0 Å². The second-order valence-corrected chi connectivity index (χ2v) is 2.90. The van der Waals surface area contributed by atoms with Gasteiger partial charge in [0.15, 0.2) is 6.29 Å². The molecule has 0 N–H and O–H groups in total. The summed E-state index contributed by atoms with van der Waals surface area (Å²) >= 11 is 0. The van der Waals surface area contributed by atoms with Gasteiger partial charge in [0.1, 0.15) is 6.10 Å². The molecule has 13 heavy (non-hydrogen) atoms. The van der Waals surface area contributed by atoms with Crippen LogP contribution < -0.4 is 0 Å². The highest BCUT2D eigenvalue weighted by Crippen LogP contribution is 2.24. The fourth-order valence-electron chi connectivity index (χ4n) is 1.36. The van der Waals surface area contributed by atoms with Crippen LogP contribution >= 0.6 is 0 Å².